The summed E-state index contributed by atoms with van der Waals surface area (Å²) in [5.41, 5.74) is 1.82. The highest BCUT2D eigenvalue weighted by Gasteiger charge is 2.22. The van der Waals surface area contributed by atoms with E-state index in [0.29, 0.717) is 16.9 Å². The number of H-pyrrole nitrogens is 1. The molecule has 1 N–H and O–H groups in total. The highest BCUT2D eigenvalue weighted by Crippen LogP contribution is 2.20. The number of carbonyl (C=O) groups excluding carboxylic acids is 2. The third-order valence-electron chi connectivity index (χ3n) is 3.87. The molecule has 6 heteroatoms. The van der Waals surface area contributed by atoms with Crippen molar-refractivity contribution in [1.29, 1.82) is 5.26 Å². The molecule has 26 heavy (non-hydrogen) atoms. The van der Waals surface area contributed by atoms with Crippen molar-refractivity contribution in [2.75, 3.05) is 6.61 Å². The van der Waals surface area contributed by atoms with Crippen molar-refractivity contribution in [2.45, 2.75) is 13.0 Å². The minimum atomic E-state index is -0.925. The van der Waals surface area contributed by atoms with E-state index in [-0.39, 0.29) is 12.4 Å². The fraction of sp³-hybridized carbons (Fsp3) is 0.150. The number of ketones is 1. The van der Waals surface area contributed by atoms with Gasteiger partial charge in [-0.05, 0) is 37.3 Å². The Bertz CT molecular complexity index is 983. The van der Waals surface area contributed by atoms with Crippen LogP contribution in [0.15, 0.2) is 54.7 Å². The van der Waals surface area contributed by atoms with Crippen molar-refractivity contribution in [3.63, 3.8) is 0 Å². The molecule has 1 atom stereocenters. The number of aromatic nitrogens is 1. The highest BCUT2D eigenvalue weighted by atomic mass is 16.6. The van der Waals surface area contributed by atoms with Crippen LogP contribution in [0.2, 0.25) is 0 Å². The minimum Gasteiger partial charge on any atom is -0.482 e. The monoisotopic (exact) mass is 348 g/mol. The Labute approximate surface area is 150 Å². The van der Waals surface area contributed by atoms with E-state index in [9.17, 15) is 9.59 Å². The van der Waals surface area contributed by atoms with E-state index in [1.807, 2.05) is 30.3 Å². The number of ether oxygens (including phenoxy) is 2. The lowest BCUT2D eigenvalue weighted by Gasteiger charge is -2.12. The number of esters is 1. The van der Waals surface area contributed by atoms with Crippen molar-refractivity contribution >= 4 is 22.7 Å². The van der Waals surface area contributed by atoms with Crippen LogP contribution in [-0.4, -0.2) is 29.4 Å². The molecule has 0 bridgehead atoms. The molecule has 3 rings (SSSR count). The second kappa shape index (κ2) is 7.53. The van der Waals surface area contributed by atoms with Gasteiger partial charge in [0.2, 0.25) is 5.78 Å². The largest absolute Gasteiger partial charge is 0.482 e. The molecule has 1 aromatic heterocycles. The number of Topliss-reactive ketones (excluding diaryl/α,β-unsaturated/α-hetero) is 1. The van der Waals surface area contributed by atoms with Gasteiger partial charge in [-0.1, -0.05) is 18.2 Å². The van der Waals surface area contributed by atoms with Crippen molar-refractivity contribution < 1.29 is 19.1 Å². The summed E-state index contributed by atoms with van der Waals surface area (Å²) in [4.78, 5) is 27.5. The molecule has 3 aromatic rings. The van der Waals surface area contributed by atoms with Crippen LogP contribution in [-0.2, 0) is 9.53 Å². The van der Waals surface area contributed by atoms with E-state index < -0.39 is 12.1 Å². The molecule has 6 nitrogen and oxygen atoms in total. The fourth-order valence-corrected chi connectivity index (χ4v) is 2.55. The minimum absolute atomic E-state index is 0.283. The first-order valence-corrected chi connectivity index (χ1v) is 8.01. The van der Waals surface area contributed by atoms with Crippen LogP contribution in [0, 0.1) is 11.3 Å². The molecule has 1 heterocycles. The second-order valence-corrected chi connectivity index (χ2v) is 5.67. The summed E-state index contributed by atoms with van der Waals surface area (Å²) in [5, 5.41) is 9.53. The Hall–Kier alpha value is -3.59. The lowest BCUT2D eigenvalue weighted by Crippen LogP contribution is -2.27. The standard InChI is InChI=1S/C20H16N2O4/c1-13(20(24)17-11-22-18-5-3-2-4-16(17)18)26-19(23)12-25-15-8-6-14(10-21)7-9-15/h2-9,11,13,22H,12H2,1H3/t13-/m1/s1. The smallest absolute Gasteiger partial charge is 0.344 e. The van der Waals surface area contributed by atoms with Gasteiger partial charge in [0.05, 0.1) is 11.6 Å². The maximum absolute atomic E-state index is 12.5. The van der Waals surface area contributed by atoms with Crippen LogP contribution in [0.3, 0.4) is 0 Å². The SMILES string of the molecule is C[C@@H](OC(=O)COc1ccc(C#N)cc1)C(=O)c1c[nH]c2ccccc12. The number of para-hydroxylation sites is 1. The zero-order valence-electron chi connectivity index (χ0n) is 14.1. The normalized spacial score (nSPS) is 11.5. The van der Waals surface area contributed by atoms with Crippen LogP contribution >= 0.6 is 0 Å². The molecule has 0 spiro atoms. The third kappa shape index (κ3) is 3.73. The van der Waals surface area contributed by atoms with Gasteiger partial charge in [-0.25, -0.2) is 4.79 Å². The van der Waals surface area contributed by atoms with Crippen molar-refractivity contribution in [2.24, 2.45) is 0 Å². The van der Waals surface area contributed by atoms with Gasteiger partial charge in [-0.2, -0.15) is 5.26 Å². The third-order valence-corrected chi connectivity index (χ3v) is 3.87. The Kier molecular flexibility index (Phi) is 4.99. The predicted octanol–water partition coefficient (Wildman–Crippen LogP) is 3.23. The van der Waals surface area contributed by atoms with Crippen LogP contribution in [0.1, 0.15) is 22.8 Å². The number of hydrogen-bond acceptors (Lipinski definition) is 5. The number of hydrogen-bond donors (Lipinski definition) is 1. The lowest BCUT2D eigenvalue weighted by molar-refractivity contribution is -0.148. The summed E-state index contributed by atoms with van der Waals surface area (Å²) < 4.78 is 10.5. The van der Waals surface area contributed by atoms with Crippen LogP contribution in [0.4, 0.5) is 0 Å². The summed E-state index contributed by atoms with van der Waals surface area (Å²) in [6.45, 7) is 1.21. The number of nitriles is 1. The van der Waals surface area contributed by atoms with Crippen LogP contribution in [0.25, 0.3) is 10.9 Å². The number of fused-ring (bicyclic) bond motifs is 1. The number of nitrogens with one attached hydrogen (secondary N) is 1. The van der Waals surface area contributed by atoms with Gasteiger partial charge >= 0.3 is 5.97 Å². The molecule has 0 saturated heterocycles. The molecule has 0 aliphatic carbocycles. The Morgan fingerprint density at radius 1 is 1.15 bits per heavy atom. The molecule has 0 fully saturated rings. The lowest BCUT2D eigenvalue weighted by atomic mass is 10.1. The summed E-state index contributed by atoms with van der Waals surface area (Å²) in [5.74, 6) is -0.485. The van der Waals surface area contributed by atoms with Crippen molar-refractivity contribution in [3.8, 4) is 11.8 Å². The summed E-state index contributed by atoms with van der Waals surface area (Å²) in [6.07, 6.45) is 0.691. The first kappa shape index (κ1) is 17.2. The Morgan fingerprint density at radius 3 is 2.62 bits per heavy atom. The number of aromatic amines is 1. The van der Waals surface area contributed by atoms with E-state index >= 15 is 0 Å². The number of carbonyl (C=O) groups is 2. The molecule has 0 radical (unpaired) electrons. The van der Waals surface area contributed by atoms with E-state index in [2.05, 4.69) is 4.98 Å². The maximum atomic E-state index is 12.5. The van der Waals surface area contributed by atoms with Crippen LogP contribution in [0.5, 0.6) is 5.75 Å². The number of rotatable bonds is 6. The van der Waals surface area contributed by atoms with Crippen molar-refractivity contribution in [1.82, 2.24) is 4.98 Å². The number of benzene rings is 2. The average Bonchev–Trinajstić information content (AvgIpc) is 3.10. The maximum Gasteiger partial charge on any atom is 0.344 e. The topological polar surface area (TPSA) is 92.2 Å². The molecule has 0 unspecified atom stereocenters. The summed E-state index contributed by atoms with van der Waals surface area (Å²) in [6, 6.07) is 15.8. The first-order chi connectivity index (χ1) is 12.6. The summed E-state index contributed by atoms with van der Waals surface area (Å²) >= 11 is 0. The Balaban J connectivity index is 1.58. The zero-order valence-corrected chi connectivity index (χ0v) is 14.1. The fourth-order valence-electron chi connectivity index (χ4n) is 2.55. The molecule has 0 saturated carbocycles. The van der Waals surface area contributed by atoms with Gasteiger partial charge in [-0.3, -0.25) is 4.79 Å². The van der Waals surface area contributed by atoms with Gasteiger partial charge in [0.1, 0.15) is 5.75 Å². The van der Waals surface area contributed by atoms with E-state index in [4.69, 9.17) is 14.7 Å². The average molecular weight is 348 g/mol. The van der Waals surface area contributed by atoms with Gasteiger partial charge < -0.3 is 14.5 Å². The van der Waals surface area contributed by atoms with E-state index in [1.165, 1.54) is 6.92 Å². The molecule has 0 aliphatic rings. The quantitative estimate of drug-likeness (QED) is 0.545. The van der Waals surface area contributed by atoms with E-state index in [1.54, 1.807) is 30.5 Å². The molecule has 0 amide bonds. The van der Waals surface area contributed by atoms with E-state index in [0.717, 1.165) is 10.9 Å². The van der Waals surface area contributed by atoms with Gasteiger partial charge in [0, 0.05) is 22.7 Å². The highest BCUT2D eigenvalue weighted by molar-refractivity contribution is 6.10. The zero-order chi connectivity index (χ0) is 18.5. The first-order valence-electron chi connectivity index (χ1n) is 8.01. The van der Waals surface area contributed by atoms with Crippen LogP contribution < -0.4 is 4.74 Å². The molecule has 2 aromatic carbocycles. The predicted molar refractivity (Wildman–Crippen MR) is 94.8 cm³/mol. The van der Waals surface area contributed by atoms with Gasteiger partial charge in [0.15, 0.2) is 12.7 Å². The molecule has 130 valence electrons. The summed E-state index contributed by atoms with van der Waals surface area (Å²) in [7, 11) is 0. The van der Waals surface area contributed by atoms with Gasteiger partial charge in [0.25, 0.3) is 0 Å². The second-order valence-electron chi connectivity index (χ2n) is 5.67. The van der Waals surface area contributed by atoms with Gasteiger partial charge in [-0.15, -0.1) is 0 Å². The Morgan fingerprint density at radius 2 is 1.88 bits per heavy atom. The molecular formula is C20H16N2O4. The molecular weight excluding hydrogens is 332 g/mol. The molecule has 0 aliphatic heterocycles. The van der Waals surface area contributed by atoms with Crippen molar-refractivity contribution in [3.05, 3.63) is 65.9 Å². The number of nitrogens with zero attached hydrogens (tertiary/aromatic N) is 1.